The minimum atomic E-state index is 0.235. The molecule has 3 aliphatic rings. The van der Waals surface area contributed by atoms with Crippen LogP contribution in [0.3, 0.4) is 0 Å². The highest BCUT2D eigenvalue weighted by atomic mass is 31.1. The van der Waals surface area contributed by atoms with E-state index >= 15 is 0 Å². The standard InChI is InChI=1S/C7H9P/c1-4-8-5-2-7(1)3-6-8/h1-2,4-5,7H,3,6H2. The van der Waals surface area contributed by atoms with Crippen molar-refractivity contribution < 1.29 is 0 Å². The fourth-order valence-corrected chi connectivity index (χ4v) is 3.07. The first kappa shape index (κ1) is 4.76. The summed E-state index contributed by atoms with van der Waals surface area (Å²) in [6.45, 7) is 0. The van der Waals surface area contributed by atoms with Gasteiger partial charge in [0.15, 0.2) is 0 Å². The summed E-state index contributed by atoms with van der Waals surface area (Å²) in [5.74, 6) is 5.59. The molecular formula is C7H9P. The molecule has 0 atom stereocenters. The topological polar surface area (TPSA) is 0 Å². The molecule has 0 spiro atoms. The quantitative estimate of drug-likeness (QED) is 0.435. The van der Waals surface area contributed by atoms with Crippen LogP contribution < -0.4 is 0 Å². The van der Waals surface area contributed by atoms with Crippen molar-refractivity contribution in [1.29, 1.82) is 0 Å². The van der Waals surface area contributed by atoms with E-state index in [1.54, 1.807) is 0 Å². The highest BCUT2D eigenvalue weighted by Crippen LogP contribution is 2.48. The first-order valence-corrected chi connectivity index (χ1v) is 4.74. The lowest BCUT2D eigenvalue weighted by atomic mass is 10.1. The number of allylic oxidation sites excluding steroid dienone is 2. The molecule has 0 amide bonds. The molecule has 0 aromatic carbocycles. The highest BCUT2D eigenvalue weighted by molar-refractivity contribution is 7.64. The predicted molar refractivity (Wildman–Crippen MR) is 38.2 cm³/mol. The van der Waals surface area contributed by atoms with Gasteiger partial charge in [-0.25, -0.2) is 0 Å². The number of fused-ring (bicyclic) bond motifs is 1. The normalized spacial score (nSPS) is 41.0. The molecule has 0 saturated carbocycles. The number of rotatable bonds is 0. The molecule has 3 rings (SSSR count). The Morgan fingerprint density at radius 2 is 2.00 bits per heavy atom. The third-order valence-electron chi connectivity index (χ3n) is 1.77. The average Bonchev–Trinajstić information content (AvgIpc) is 1.92. The van der Waals surface area contributed by atoms with Crippen LogP contribution in [0, 0.1) is 5.92 Å². The number of hydrogen-bond donors (Lipinski definition) is 0. The Kier molecular flexibility index (Phi) is 1.01. The Labute approximate surface area is 51.0 Å². The second kappa shape index (κ2) is 1.70. The van der Waals surface area contributed by atoms with Crippen molar-refractivity contribution in [1.82, 2.24) is 0 Å². The van der Waals surface area contributed by atoms with Crippen LogP contribution in [0.2, 0.25) is 0 Å². The van der Waals surface area contributed by atoms with Crippen molar-refractivity contribution in [2.24, 2.45) is 5.92 Å². The second-order valence-electron chi connectivity index (χ2n) is 2.37. The zero-order chi connectivity index (χ0) is 5.40. The molecule has 3 heterocycles. The first-order chi connectivity index (χ1) is 3.95. The largest absolute Gasteiger partial charge is 0.0768 e. The Morgan fingerprint density at radius 3 is 2.12 bits per heavy atom. The molecule has 42 valence electrons. The lowest BCUT2D eigenvalue weighted by molar-refractivity contribution is 0.766. The Balaban J connectivity index is 2.31. The minimum absolute atomic E-state index is 0.235. The van der Waals surface area contributed by atoms with E-state index in [1.807, 2.05) is 0 Å². The summed E-state index contributed by atoms with van der Waals surface area (Å²) in [6, 6.07) is 0. The Hall–Kier alpha value is -0.0900. The molecule has 1 heteroatoms. The van der Waals surface area contributed by atoms with Gasteiger partial charge in [-0.05, 0) is 18.5 Å². The van der Waals surface area contributed by atoms with Crippen molar-refractivity contribution in [2.75, 3.05) is 6.16 Å². The molecule has 0 unspecified atom stereocenters. The molecule has 0 aromatic heterocycles. The van der Waals surface area contributed by atoms with Gasteiger partial charge >= 0.3 is 0 Å². The average molecular weight is 124 g/mol. The smallest absolute Gasteiger partial charge is 0.00427 e. The van der Waals surface area contributed by atoms with Gasteiger partial charge in [-0.2, -0.15) is 0 Å². The summed E-state index contributed by atoms with van der Waals surface area (Å²) in [4.78, 5) is 0. The maximum absolute atomic E-state index is 2.39. The third kappa shape index (κ3) is 0.641. The lowest BCUT2D eigenvalue weighted by Crippen LogP contribution is -2.03. The van der Waals surface area contributed by atoms with Gasteiger partial charge in [0.1, 0.15) is 0 Å². The SMILES string of the molecule is C1=CP2C=CC1CC2. The van der Waals surface area contributed by atoms with Crippen molar-refractivity contribution in [3.63, 3.8) is 0 Å². The molecule has 0 aromatic rings. The summed E-state index contributed by atoms with van der Waals surface area (Å²) < 4.78 is 0. The van der Waals surface area contributed by atoms with E-state index in [1.165, 1.54) is 12.6 Å². The molecular weight excluding hydrogens is 115 g/mol. The van der Waals surface area contributed by atoms with Crippen molar-refractivity contribution in [3.8, 4) is 0 Å². The van der Waals surface area contributed by atoms with Gasteiger partial charge in [0.25, 0.3) is 0 Å². The highest BCUT2D eigenvalue weighted by Gasteiger charge is 2.15. The Morgan fingerprint density at radius 1 is 1.25 bits per heavy atom. The first-order valence-electron chi connectivity index (χ1n) is 3.07. The Bertz CT molecular complexity index is 116. The molecule has 0 N–H and O–H groups in total. The van der Waals surface area contributed by atoms with E-state index in [4.69, 9.17) is 0 Å². The maximum Gasteiger partial charge on any atom is -0.00427 e. The molecule has 0 saturated heterocycles. The van der Waals surface area contributed by atoms with Crippen molar-refractivity contribution in [3.05, 3.63) is 23.8 Å². The zero-order valence-electron chi connectivity index (χ0n) is 4.75. The molecule has 0 aliphatic carbocycles. The zero-order valence-corrected chi connectivity index (χ0v) is 5.64. The van der Waals surface area contributed by atoms with Crippen molar-refractivity contribution in [2.45, 2.75) is 6.42 Å². The van der Waals surface area contributed by atoms with Gasteiger partial charge in [-0.1, -0.05) is 31.7 Å². The summed E-state index contributed by atoms with van der Waals surface area (Å²) >= 11 is 0. The van der Waals surface area contributed by atoms with E-state index in [2.05, 4.69) is 23.8 Å². The van der Waals surface area contributed by atoms with E-state index in [0.717, 1.165) is 5.92 Å². The van der Waals surface area contributed by atoms with Crippen LogP contribution in [0.15, 0.2) is 23.8 Å². The molecule has 0 nitrogen and oxygen atoms in total. The maximum atomic E-state index is 2.39. The van der Waals surface area contributed by atoms with Crippen LogP contribution in [0.25, 0.3) is 0 Å². The van der Waals surface area contributed by atoms with Crippen LogP contribution >= 0.6 is 7.92 Å². The van der Waals surface area contributed by atoms with Gasteiger partial charge in [0.2, 0.25) is 0 Å². The molecule has 2 bridgehead atoms. The van der Waals surface area contributed by atoms with Gasteiger partial charge < -0.3 is 0 Å². The molecule has 3 aliphatic heterocycles. The summed E-state index contributed by atoms with van der Waals surface area (Å²) in [5.41, 5.74) is 0. The van der Waals surface area contributed by atoms with Crippen LogP contribution in [0.5, 0.6) is 0 Å². The van der Waals surface area contributed by atoms with Crippen molar-refractivity contribution >= 4 is 7.92 Å². The monoisotopic (exact) mass is 124 g/mol. The van der Waals surface area contributed by atoms with Crippen LogP contribution in [-0.4, -0.2) is 6.16 Å². The molecule has 0 fully saturated rings. The fraction of sp³-hybridized carbons (Fsp3) is 0.429. The summed E-state index contributed by atoms with van der Waals surface area (Å²) in [6.07, 6.45) is 7.58. The minimum Gasteiger partial charge on any atom is -0.0768 e. The second-order valence-corrected chi connectivity index (χ2v) is 4.45. The van der Waals surface area contributed by atoms with E-state index < -0.39 is 0 Å². The fourth-order valence-electron chi connectivity index (χ4n) is 1.20. The predicted octanol–water partition coefficient (Wildman–Crippen LogP) is 2.53. The van der Waals surface area contributed by atoms with E-state index in [-0.39, 0.29) is 7.92 Å². The molecule has 0 radical (unpaired) electrons. The van der Waals surface area contributed by atoms with Gasteiger partial charge in [0, 0.05) is 0 Å². The summed E-state index contributed by atoms with van der Waals surface area (Å²) in [7, 11) is 0.235. The van der Waals surface area contributed by atoms with Gasteiger partial charge in [-0.15, -0.1) is 0 Å². The van der Waals surface area contributed by atoms with E-state index in [0.29, 0.717) is 0 Å². The van der Waals surface area contributed by atoms with Crippen LogP contribution in [-0.2, 0) is 0 Å². The van der Waals surface area contributed by atoms with Crippen LogP contribution in [0.1, 0.15) is 6.42 Å². The van der Waals surface area contributed by atoms with Gasteiger partial charge in [-0.3, -0.25) is 0 Å². The van der Waals surface area contributed by atoms with E-state index in [9.17, 15) is 0 Å². The molecule has 8 heavy (non-hydrogen) atoms. The third-order valence-corrected chi connectivity index (χ3v) is 3.65. The lowest BCUT2D eigenvalue weighted by Gasteiger charge is -2.23. The summed E-state index contributed by atoms with van der Waals surface area (Å²) in [5, 5.41) is 0. The van der Waals surface area contributed by atoms with Crippen LogP contribution in [0.4, 0.5) is 0 Å². The van der Waals surface area contributed by atoms with Gasteiger partial charge in [0.05, 0.1) is 0 Å². The number of hydrogen-bond acceptors (Lipinski definition) is 0.